The molecular formula is C27H39ClN6O2S2. The van der Waals surface area contributed by atoms with E-state index in [1.165, 1.54) is 11.8 Å². The van der Waals surface area contributed by atoms with E-state index in [1.54, 1.807) is 33.3 Å². The van der Waals surface area contributed by atoms with Crippen molar-refractivity contribution in [1.29, 1.82) is 0 Å². The van der Waals surface area contributed by atoms with Crippen molar-refractivity contribution < 1.29 is 9.59 Å². The van der Waals surface area contributed by atoms with Crippen LogP contribution in [0.15, 0.2) is 71.9 Å². The highest BCUT2D eigenvalue weighted by molar-refractivity contribution is 8.03. The number of fused-ring (bicyclic) bond motifs is 2. The predicted octanol–water partition coefficient (Wildman–Crippen LogP) is 6.02. The third kappa shape index (κ3) is 8.23. The van der Waals surface area contributed by atoms with Crippen LogP contribution in [0.3, 0.4) is 0 Å². The number of rotatable bonds is 9. The summed E-state index contributed by atoms with van der Waals surface area (Å²) in [6.45, 7) is 15.9. The highest BCUT2D eigenvalue weighted by Gasteiger charge is 2.32. The molecule has 4 atom stereocenters. The monoisotopic (exact) mass is 578 g/mol. The first-order valence-corrected chi connectivity index (χ1v) is 15.2. The van der Waals surface area contributed by atoms with Crippen LogP contribution >= 0.6 is 35.1 Å². The molecule has 0 saturated carbocycles. The van der Waals surface area contributed by atoms with E-state index in [4.69, 9.17) is 11.6 Å². The first kappa shape index (κ1) is 31.7. The van der Waals surface area contributed by atoms with Crippen LogP contribution in [0.25, 0.3) is 0 Å². The van der Waals surface area contributed by atoms with Crippen LogP contribution in [0, 0.1) is 0 Å². The molecule has 0 unspecified atom stereocenters. The fraction of sp³-hybridized carbons (Fsp3) is 0.407. The zero-order chi connectivity index (χ0) is 28.2. The summed E-state index contributed by atoms with van der Waals surface area (Å²) in [4.78, 5) is 23.6. The van der Waals surface area contributed by atoms with Crippen molar-refractivity contribution in [3.8, 4) is 0 Å². The second-order valence-electron chi connectivity index (χ2n) is 8.52. The molecule has 8 nitrogen and oxygen atoms in total. The average molecular weight is 579 g/mol. The summed E-state index contributed by atoms with van der Waals surface area (Å²) in [6, 6.07) is 8.17. The lowest BCUT2D eigenvalue weighted by Gasteiger charge is -2.34. The second-order valence-corrected chi connectivity index (χ2v) is 11.0. The Morgan fingerprint density at radius 1 is 0.974 bits per heavy atom. The number of halogens is 1. The third-order valence-electron chi connectivity index (χ3n) is 6.20. The van der Waals surface area contributed by atoms with Crippen molar-refractivity contribution in [3.05, 3.63) is 83.3 Å². The van der Waals surface area contributed by atoms with E-state index in [9.17, 15) is 9.59 Å². The molecule has 0 bridgehead atoms. The Morgan fingerprint density at radius 2 is 1.45 bits per heavy atom. The molecule has 38 heavy (non-hydrogen) atoms. The maximum absolute atomic E-state index is 11.8. The Balaban J connectivity index is 0.000000228. The van der Waals surface area contributed by atoms with E-state index in [2.05, 4.69) is 54.9 Å². The number of hydrogen-bond acceptors (Lipinski definition) is 6. The Labute approximate surface area is 239 Å². The minimum absolute atomic E-state index is 0.0384. The molecule has 2 aliphatic rings. The molecule has 0 saturated heterocycles. The molecule has 2 aromatic heterocycles. The number of hydrogen-bond donors (Lipinski definition) is 4. The van der Waals surface area contributed by atoms with Gasteiger partial charge in [0.25, 0.3) is 0 Å². The van der Waals surface area contributed by atoms with Gasteiger partial charge in [-0.15, -0.1) is 30.1 Å². The molecule has 2 aliphatic heterocycles. The molecule has 4 N–H and O–H groups in total. The van der Waals surface area contributed by atoms with Crippen LogP contribution in [0.5, 0.6) is 0 Å². The summed E-state index contributed by atoms with van der Waals surface area (Å²) < 4.78 is 3.95. The number of nitrogens with zero attached hydrogens (tertiary/aromatic N) is 2. The first-order chi connectivity index (χ1) is 18.2. The van der Waals surface area contributed by atoms with Crippen molar-refractivity contribution in [3.63, 3.8) is 0 Å². The number of aromatic nitrogens is 2. The van der Waals surface area contributed by atoms with Gasteiger partial charge in [0.15, 0.2) is 0 Å². The molecule has 0 radical (unpaired) electrons. The third-order valence-corrected chi connectivity index (χ3v) is 7.72. The van der Waals surface area contributed by atoms with Crippen LogP contribution < -0.4 is 21.3 Å². The summed E-state index contributed by atoms with van der Waals surface area (Å²) in [7, 11) is 0. The van der Waals surface area contributed by atoms with Gasteiger partial charge in [0.05, 0.1) is 39.3 Å². The average Bonchev–Trinajstić information content (AvgIpc) is 3.61. The van der Waals surface area contributed by atoms with E-state index in [0.29, 0.717) is 4.36 Å². The normalized spacial score (nSPS) is 21.2. The van der Waals surface area contributed by atoms with Crippen LogP contribution in [-0.4, -0.2) is 52.3 Å². The van der Waals surface area contributed by atoms with Crippen molar-refractivity contribution >= 4 is 47.2 Å². The summed E-state index contributed by atoms with van der Waals surface area (Å²) in [6.07, 6.45) is 11.1. The topological polar surface area (TPSA) is 92.1 Å². The van der Waals surface area contributed by atoms with E-state index < -0.39 is 0 Å². The standard InChI is InChI=1S/C12H17N3OS.C12H17N3O.C3H5ClS/c1-4-9-11(13-8(2)17-3)10-6-5-7-15(10)12(16)14-9;1-3-7-13-11-9(4-2)14-12(16)15-8-5-6-10(11)15;1-3(4)5-2/h5-7,9,11,13H,2,4H2,1,3H3,(H,14,16);3,5-6,8-9,11,13H,1,4,7H2,2H3,(H,14,16);1H2,2H3/t2*9-,11-;/m00./s1. The Hall–Kier alpha value is -2.53. The molecule has 2 aromatic rings. The highest BCUT2D eigenvalue weighted by Crippen LogP contribution is 2.26. The molecule has 4 heterocycles. The summed E-state index contributed by atoms with van der Waals surface area (Å²) in [5.41, 5.74) is 2.02. The highest BCUT2D eigenvalue weighted by atomic mass is 35.5. The molecule has 0 aliphatic carbocycles. The summed E-state index contributed by atoms with van der Waals surface area (Å²) in [5, 5.41) is 13.7. The van der Waals surface area contributed by atoms with Gasteiger partial charge in [0.1, 0.15) is 0 Å². The summed E-state index contributed by atoms with van der Waals surface area (Å²) in [5.74, 6) is 0. The molecule has 208 valence electrons. The van der Waals surface area contributed by atoms with E-state index >= 15 is 0 Å². The zero-order valence-corrected chi connectivity index (χ0v) is 24.9. The summed E-state index contributed by atoms with van der Waals surface area (Å²) >= 11 is 8.26. The number of carbonyl (C=O) groups is 2. The van der Waals surface area contributed by atoms with Crippen molar-refractivity contribution in [2.45, 2.75) is 50.9 Å². The maximum Gasteiger partial charge on any atom is 0.326 e. The van der Waals surface area contributed by atoms with Gasteiger partial charge in [0.2, 0.25) is 0 Å². The van der Waals surface area contributed by atoms with Crippen LogP contribution in [-0.2, 0) is 0 Å². The number of nitrogens with one attached hydrogen (secondary N) is 4. The molecule has 4 rings (SSSR count). The zero-order valence-electron chi connectivity index (χ0n) is 22.5. The second kappa shape index (κ2) is 15.8. The lowest BCUT2D eigenvalue weighted by Crippen LogP contribution is -2.51. The van der Waals surface area contributed by atoms with Crippen LogP contribution in [0.4, 0.5) is 9.59 Å². The first-order valence-electron chi connectivity index (χ1n) is 12.4. The van der Waals surface area contributed by atoms with Crippen LogP contribution in [0.1, 0.15) is 50.2 Å². The van der Waals surface area contributed by atoms with E-state index in [-0.39, 0.29) is 36.2 Å². The van der Waals surface area contributed by atoms with Gasteiger partial charge in [-0.1, -0.05) is 44.7 Å². The van der Waals surface area contributed by atoms with Gasteiger partial charge >= 0.3 is 12.1 Å². The molecule has 11 heteroatoms. The Kier molecular flexibility index (Phi) is 13.2. The Bertz CT molecular complexity index is 1110. The fourth-order valence-electron chi connectivity index (χ4n) is 4.24. The van der Waals surface area contributed by atoms with Crippen molar-refractivity contribution in [2.75, 3.05) is 19.1 Å². The smallest absolute Gasteiger partial charge is 0.326 e. The minimum Gasteiger partial charge on any atom is -0.370 e. The van der Waals surface area contributed by atoms with Crippen LogP contribution in [0.2, 0.25) is 0 Å². The molecule has 0 fully saturated rings. The van der Waals surface area contributed by atoms with E-state index in [0.717, 1.165) is 35.8 Å². The predicted molar refractivity (Wildman–Crippen MR) is 163 cm³/mol. The van der Waals surface area contributed by atoms with Gasteiger partial charge in [0, 0.05) is 24.6 Å². The van der Waals surface area contributed by atoms with Gasteiger partial charge in [-0.05, 0) is 49.6 Å². The number of thioether (sulfide) groups is 2. The maximum atomic E-state index is 11.8. The molecular weight excluding hydrogens is 540 g/mol. The molecule has 0 aromatic carbocycles. The van der Waals surface area contributed by atoms with Gasteiger partial charge < -0.3 is 21.3 Å². The largest absolute Gasteiger partial charge is 0.370 e. The Morgan fingerprint density at radius 3 is 1.87 bits per heavy atom. The lowest BCUT2D eigenvalue weighted by molar-refractivity contribution is 0.223. The SMILES string of the molecule is C=C(Cl)SC.C=C(N[C@@H]1c2cccn2C(=O)N[C@H]1CC)SC.C=CCN[C@@H]1c2cccn2C(=O)N[C@H]1CC. The molecule has 0 spiro atoms. The van der Waals surface area contributed by atoms with Gasteiger partial charge in [-0.3, -0.25) is 9.13 Å². The van der Waals surface area contributed by atoms with Gasteiger partial charge in [-0.25, -0.2) is 9.59 Å². The number of amides is 2. The molecule has 2 amide bonds. The van der Waals surface area contributed by atoms with E-state index in [1.807, 2.05) is 42.9 Å². The van der Waals surface area contributed by atoms with Crippen molar-refractivity contribution in [1.82, 2.24) is 30.4 Å². The van der Waals surface area contributed by atoms with Gasteiger partial charge in [-0.2, -0.15) is 0 Å². The lowest BCUT2D eigenvalue weighted by atomic mass is 10.0. The van der Waals surface area contributed by atoms with Crippen molar-refractivity contribution in [2.24, 2.45) is 0 Å². The number of carbonyl (C=O) groups excluding carboxylic acids is 2. The quantitative estimate of drug-likeness (QED) is 0.272. The minimum atomic E-state index is -0.0512. The fourth-order valence-corrected chi connectivity index (χ4v) is 4.48.